The number of morpholine rings is 1. The van der Waals surface area contributed by atoms with Crippen LogP contribution >= 0.6 is 0 Å². The molecule has 1 aromatic heterocycles. The summed E-state index contributed by atoms with van der Waals surface area (Å²) in [5, 5.41) is 4.03. The molecule has 0 atom stereocenters. The van der Waals surface area contributed by atoms with Gasteiger partial charge in [0.25, 0.3) is 11.8 Å². The quantitative estimate of drug-likeness (QED) is 0.660. The van der Waals surface area contributed by atoms with Crippen LogP contribution in [0.4, 0.5) is 0 Å². The van der Waals surface area contributed by atoms with Crippen molar-refractivity contribution in [2.24, 2.45) is 5.92 Å². The van der Waals surface area contributed by atoms with Crippen LogP contribution in [0.25, 0.3) is 11.5 Å². The van der Waals surface area contributed by atoms with Gasteiger partial charge in [-0.05, 0) is 37.1 Å². The van der Waals surface area contributed by atoms with Gasteiger partial charge in [0.1, 0.15) is 0 Å². The van der Waals surface area contributed by atoms with Gasteiger partial charge in [-0.2, -0.15) is 4.98 Å². The fourth-order valence-corrected chi connectivity index (χ4v) is 3.50. The number of hydrogen-bond donors (Lipinski definition) is 0. The third kappa shape index (κ3) is 5.24. The van der Waals surface area contributed by atoms with Gasteiger partial charge < -0.3 is 19.1 Å². The monoisotopic (exact) mass is 414 g/mol. The molecule has 1 aliphatic heterocycles. The lowest BCUT2D eigenvalue weighted by Gasteiger charge is -2.26. The smallest absolute Gasteiger partial charge is 0.257 e. The van der Waals surface area contributed by atoms with Gasteiger partial charge in [-0.25, -0.2) is 0 Å². The largest absolute Gasteiger partial charge is 0.378 e. The van der Waals surface area contributed by atoms with Crippen LogP contribution in [-0.4, -0.2) is 71.7 Å². The zero-order chi connectivity index (χ0) is 21.5. The summed E-state index contributed by atoms with van der Waals surface area (Å²) in [6, 6.07) is 7.18. The molecule has 0 spiro atoms. The summed E-state index contributed by atoms with van der Waals surface area (Å²) in [5.41, 5.74) is 1.38. The normalized spacial score (nSPS) is 14.2. The minimum absolute atomic E-state index is 0.00114. The maximum Gasteiger partial charge on any atom is 0.257 e. The summed E-state index contributed by atoms with van der Waals surface area (Å²) in [6.07, 6.45) is 2.21. The van der Waals surface area contributed by atoms with Crippen molar-refractivity contribution < 1.29 is 18.8 Å². The van der Waals surface area contributed by atoms with Crippen molar-refractivity contribution in [3.05, 3.63) is 35.7 Å². The predicted molar refractivity (Wildman–Crippen MR) is 112 cm³/mol. The molecule has 30 heavy (non-hydrogen) atoms. The second-order valence-electron chi connectivity index (χ2n) is 7.52. The molecule has 0 saturated carbocycles. The van der Waals surface area contributed by atoms with Gasteiger partial charge in [-0.15, -0.1) is 0 Å². The van der Waals surface area contributed by atoms with E-state index in [0.29, 0.717) is 56.5 Å². The molecule has 2 amide bonds. The number of benzene rings is 1. The van der Waals surface area contributed by atoms with Gasteiger partial charge in [0.05, 0.1) is 13.2 Å². The van der Waals surface area contributed by atoms with Crippen LogP contribution in [0.15, 0.2) is 28.8 Å². The Morgan fingerprint density at radius 3 is 2.43 bits per heavy atom. The highest BCUT2D eigenvalue weighted by atomic mass is 16.5. The molecule has 0 radical (unpaired) electrons. The van der Waals surface area contributed by atoms with E-state index in [2.05, 4.69) is 10.1 Å². The van der Waals surface area contributed by atoms with Crippen molar-refractivity contribution in [3.63, 3.8) is 0 Å². The fourth-order valence-electron chi connectivity index (χ4n) is 3.50. The number of amides is 2. The van der Waals surface area contributed by atoms with Crippen molar-refractivity contribution in [1.29, 1.82) is 0 Å². The highest BCUT2D eigenvalue weighted by Gasteiger charge is 2.20. The van der Waals surface area contributed by atoms with E-state index in [1.807, 2.05) is 33.0 Å². The Balaban J connectivity index is 1.58. The highest BCUT2D eigenvalue weighted by Crippen LogP contribution is 2.19. The first kappa shape index (κ1) is 22.0. The van der Waals surface area contributed by atoms with Crippen molar-refractivity contribution in [2.75, 3.05) is 39.9 Å². The zero-order valence-corrected chi connectivity index (χ0v) is 18.0. The molecule has 8 heteroatoms. The van der Waals surface area contributed by atoms with E-state index in [1.54, 1.807) is 21.9 Å². The third-order valence-electron chi connectivity index (χ3n) is 5.53. The van der Waals surface area contributed by atoms with Crippen LogP contribution in [-0.2, 0) is 16.0 Å². The summed E-state index contributed by atoms with van der Waals surface area (Å²) < 4.78 is 10.7. The van der Waals surface area contributed by atoms with Gasteiger partial charge in [0, 0.05) is 50.1 Å². The second kappa shape index (κ2) is 10.3. The molecule has 162 valence electrons. The summed E-state index contributed by atoms with van der Waals surface area (Å²) in [7, 11) is 1.81. The van der Waals surface area contributed by atoms with Gasteiger partial charge in [0.15, 0.2) is 5.82 Å². The molecular weight excluding hydrogens is 384 g/mol. The Morgan fingerprint density at radius 1 is 1.13 bits per heavy atom. The average molecular weight is 415 g/mol. The Hall–Kier alpha value is -2.74. The van der Waals surface area contributed by atoms with Crippen molar-refractivity contribution in [2.45, 2.75) is 33.1 Å². The van der Waals surface area contributed by atoms with Crippen LogP contribution in [0, 0.1) is 5.92 Å². The number of hydrogen-bond acceptors (Lipinski definition) is 6. The fraction of sp³-hybridized carbons (Fsp3) is 0.545. The molecule has 2 heterocycles. The van der Waals surface area contributed by atoms with E-state index in [9.17, 15) is 9.59 Å². The molecule has 1 aromatic carbocycles. The number of likely N-dealkylation sites (N-methyl/N-ethyl adjacent to an activating group) is 1. The number of rotatable bonds is 8. The third-order valence-corrected chi connectivity index (χ3v) is 5.53. The van der Waals surface area contributed by atoms with Crippen molar-refractivity contribution in [3.8, 4) is 11.5 Å². The van der Waals surface area contributed by atoms with Crippen LogP contribution < -0.4 is 0 Å². The first-order valence-electron chi connectivity index (χ1n) is 10.6. The molecule has 8 nitrogen and oxygen atoms in total. The number of ether oxygens (including phenoxy) is 1. The lowest BCUT2D eigenvalue weighted by molar-refractivity contribution is -0.134. The Bertz CT molecular complexity index is 839. The molecule has 0 N–H and O–H groups in total. The van der Waals surface area contributed by atoms with Gasteiger partial charge >= 0.3 is 0 Å². The van der Waals surface area contributed by atoms with E-state index >= 15 is 0 Å². The van der Waals surface area contributed by atoms with E-state index in [4.69, 9.17) is 9.26 Å². The number of carbonyl (C=O) groups excluding carboxylic acids is 2. The SMILES string of the molecule is CCC(CC)C(=O)N(C)CCc1noc(-c2ccc(C(=O)N3CCOCC3)cc2)n1. The van der Waals surface area contributed by atoms with Crippen LogP contribution in [0.1, 0.15) is 42.9 Å². The maximum atomic E-state index is 12.5. The van der Waals surface area contributed by atoms with Gasteiger partial charge in [-0.1, -0.05) is 19.0 Å². The van der Waals surface area contributed by atoms with Crippen LogP contribution in [0.2, 0.25) is 0 Å². The number of aromatic nitrogens is 2. The molecule has 0 aliphatic carbocycles. The summed E-state index contributed by atoms with van der Waals surface area (Å²) >= 11 is 0. The standard InChI is InChI=1S/C22H30N4O4/c1-4-16(5-2)21(27)25(3)11-10-19-23-20(30-24-19)17-6-8-18(9-7-17)22(28)26-12-14-29-15-13-26/h6-9,16H,4-5,10-15H2,1-3H3. The molecule has 0 unspecified atom stereocenters. The van der Waals surface area contributed by atoms with Crippen LogP contribution in [0.5, 0.6) is 0 Å². The Kier molecular flexibility index (Phi) is 7.57. The van der Waals surface area contributed by atoms with E-state index < -0.39 is 0 Å². The molecule has 1 fully saturated rings. The Labute approximate surface area is 177 Å². The molecule has 3 rings (SSSR count). The van der Waals surface area contributed by atoms with E-state index in [0.717, 1.165) is 18.4 Å². The second-order valence-corrected chi connectivity index (χ2v) is 7.52. The summed E-state index contributed by atoms with van der Waals surface area (Å²) in [4.78, 5) is 32.9. The number of carbonyl (C=O) groups is 2. The van der Waals surface area contributed by atoms with E-state index in [-0.39, 0.29) is 17.7 Å². The van der Waals surface area contributed by atoms with Crippen molar-refractivity contribution >= 4 is 11.8 Å². The molecule has 2 aromatic rings. The summed E-state index contributed by atoms with van der Waals surface area (Å²) in [5.74, 6) is 1.19. The zero-order valence-electron chi connectivity index (χ0n) is 18.0. The Morgan fingerprint density at radius 2 is 1.80 bits per heavy atom. The first-order chi connectivity index (χ1) is 14.5. The lowest BCUT2D eigenvalue weighted by Crippen LogP contribution is -2.40. The van der Waals surface area contributed by atoms with Gasteiger partial charge in [-0.3, -0.25) is 9.59 Å². The van der Waals surface area contributed by atoms with Crippen molar-refractivity contribution in [1.82, 2.24) is 19.9 Å². The molecular formula is C22H30N4O4. The number of nitrogens with zero attached hydrogens (tertiary/aromatic N) is 4. The topological polar surface area (TPSA) is 88.8 Å². The van der Waals surface area contributed by atoms with Crippen LogP contribution in [0.3, 0.4) is 0 Å². The first-order valence-corrected chi connectivity index (χ1v) is 10.6. The summed E-state index contributed by atoms with van der Waals surface area (Å²) in [6.45, 7) is 6.99. The minimum atomic E-state index is 0.00114. The molecule has 1 saturated heterocycles. The average Bonchev–Trinajstić information content (AvgIpc) is 3.27. The molecule has 1 aliphatic rings. The lowest BCUT2D eigenvalue weighted by atomic mass is 10.0. The van der Waals surface area contributed by atoms with E-state index in [1.165, 1.54) is 0 Å². The predicted octanol–water partition coefficient (Wildman–Crippen LogP) is 2.65. The maximum absolute atomic E-state index is 12.5. The molecule has 0 bridgehead atoms. The van der Waals surface area contributed by atoms with Gasteiger partial charge in [0.2, 0.25) is 5.91 Å². The highest BCUT2D eigenvalue weighted by molar-refractivity contribution is 5.94. The minimum Gasteiger partial charge on any atom is -0.378 e.